The summed E-state index contributed by atoms with van der Waals surface area (Å²) in [6.45, 7) is 1.41. The third-order valence-corrected chi connectivity index (χ3v) is 6.13. The summed E-state index contributed by atoms with van der Waals surface area (Å²) in [5.74, 6) is 1.12. The van der Waals surface area contributed by atoms with Gasteiger partial charge in [-0.05, 0) is 36.9 Å². The zero-order valence-corrected chi connectivity index (χ0v) is 16.9. The third-order valence-electron chi connectivity index (χ3n) is 4.11. The van der Waals surface area contributed by atoms with Gasteiger partial charge in [0.25, 0.3) is 0 Å². The van der Waals surface area contributed by atoms with Crippen LogP contribution >= 0.6 is 23.2 Å². The number of ether oxygens (including phenoxy) is 1. The van der Waals surface area contributed by atoms with E-state index in [1.165, 1.54) is 7.05 Å². The summed E-state index contributed by atoms with van der Waals surface area (Å²) in [6.07, 6.45) is 0.0597. The molecule has 0 bridgehead atoms. The molecule has 2 N–H and O–H groups in total. The van der Waals surface area contributed by atoms with Crippen LogP contribution in [0.3, 0.4) is 0 Å². The average Bonchev–Trinajstić information content (AvgIpc) is 3.19. The highest BCUT2D eigenvalue weighted by molar-refractivity contribution is 7.89. The molecule has 1 aliphatic heterocycles. The lowest BCUT2D eigenvalue weighted by atomic mass is 10.1. The molecule has 1 heterocycles. The van der Waals surface area contributed by atoms with Gasteiger partial charge in [-0.15, -0.1) is 0 Å². The standard InChI is InChI=1S/C18H19Cl2N3O3S/c1-21-27(24,25)13-7-5-12(6-8-13)11-16(18-22-9-10-23-18)26-17-14(19)3-2-4-15(17)20/h2-8,16,21H,9-11H2,1H3,(H,22,23). The van der Waals surface area contributed by atoms with Gasteiger partial charge in [0.15, 0.2) is 11.9 Å². The topological polar surface area (TPSA) is 79.8 Å². The van der Waals surface area contributed by atoms with Gasteiger partial charge in [0.1, 0.15) is 5.84 Å². The Bertz CT molecular complexity index is 927. The lowest BCUT2D eigenvalue weighted by molar-refractivity contribution is 0.264. The molecule has 1 unspecified atom stereocenters. The normalized spacial score (nSPS) is 15.1. The van der Waals surface area contributed by atoms with Gasteiger partial charge in [0.2, 0.25) is 10.0 Å². The monoisotopic (exact) mass is 427 g/mol. The van der Waals surface area contributed by atoms with E-state index in [2.05, 4.69) is 15.0 Å². The summed E-state index contributed by atoms with van der Waals surface area (Å²) in [6, 6.07) is 11.8. The molecule has 1 atom stereocenters. The van der Waals surface area contributed by atoms with Gasteiger partial charge in [-0.1, -0.05) is 41.4 Å². The first-order valence-corrected chi connectivity index (χ1v) is 10.6. The van der Waals surface area contributed by atoms with Gasteiger partial charge < -0.3 is 10.1 Å². The number of nitrogens with one attached hydrogen (secondary N) is 2. The second kappa shape index (κ2) is 8.48. The fourth-order valence-corrected chi connectivity index (χ4v) is 3.92. The van der Waals surface area contributed by atoms with Crippen LogP contribution in [0, 0.1) is 0 Å². The highest BCUT2D eigenvalue weighted by Gasteiger charge is 2.23. The molecule has 0 radical (unpaired) electrons. The van der Waals surface area contributed by atoms with Crippen LogP contribution in [0.2, 0.25) is 10.0 Å². The van der Waals surface area contributed by atoms with E-state index in [0.29, 0.717) is 28.8 Å². The van der Waals surface area contributed by atoms with Gasteiger partial charge >= 0.3 is 0 Å². The maximum absolute atomic E-state index is 11.9. The van der Waals surface area contributed by atoms with Crippen molar-refractivity contribution in [2.75, 3.05) is 20.1 Å². The lowest BCUT2D eigenvalue weighted by Gasteiger charge is -2.21. The molecule has 144 valence electrons. The Morgan fingerprint density at radius 3 is 2.41 bits per heavy atom. The Labute approximate surface area is 168 Å². The van der Waals surface area contributed by atoms with Crippen LogP contribution in [-0.2, 0) is 16.4 Å². The summed E-state index contributed by atoms with van der Waals surface area (Å²) in [7, 11) is -2.09. The fourth-order valence-electron chi connectivity index (χ4n) is 2.70. The van der Waals surface area contributed by atoms with Crippen LogP contribution in [0.5, 0.6) is 5.75 Å². The van der Waals surface area contributed by atoms with Crippen molar-refractivity contribution < 1.29 is 13.2 Å². The number of rotatable bonds is 7. The number of halogens is 2. The minimum atomic E-state index is -3.47. The minimum Gasteiger partial charge on any atom is -0.479 e. The number of aliphatic imine (C=N–C) groups is 1. The zero-order chi connectivity index (χ0) is 19.4. The maximum Gasteiger partial charge on any atom is 0.240 e. The van der Waals surface area contributed by atoms with E-state index in [1.54, 1.807) is 42.5 Å². The Kier molecular flexibility index (Phi) is 6.26. The smallest absolute Gasteiger partial charge is 0.240 e. The van der Waals surface area contributed by atoms with E-state index in [0.717, 1.165) is 17.9 Å². The summed E-state index contributed by atoms with van der Waals surface area (Å²) in [5, 5.41) is 4.05. The van der Waals surface area contributed by atoms with Crippen LogP contribution in [0.4, 0.5) is 0 Å². The Morgan fingerprint density at radius 1 is 1.19 bits per heavy atom. The Morgan fingerprint density at radius 2 is 1.85 bits per heavy atom. The quantitative estimate of drug-likeness (QED) is 0.711. The number of sulfonamides is 1. The molecule has 0 saturated heterocycles. The molecule has 1 aliphatic rings. The average molecular weight is 428 g/mol. The summed E-state index contributed by atoms with van der Waals surface area (Å²) >= 11 is 12.5. The van der Waals surface area contributed by atoms with Crippen molar-refractivity contribution >= 4 is 39.1 Å². The first-order chi connectivity index (χ1) is 12.9. The maximum atomic E-state index is 11.9. The Hall–Kier alpha value is -1.80. The summed E-state index contributed by atoms with van der Waals surface area (Å²) in [5.41, 5.74) is 0.898. The van der Waals surface area contributed by atoms with E-state index < -0.39 is 16.1 Å². The predicted molar refractivity (Wildman–Crippen MR) is 108 cm³/mol. The van der Waals surface area contributed by atoms with Crippen LogP contribution in [0.25, 0.3) is 0 Å². The second-order valence-electron chi connectivity index (χ2n) is 5.91. The van der Waals surface area contributed by atoms with Crippen molar-refractivity contribution in [1.82, 2.24) is 10.0 Å². The number of benzene rings is 2. The fraction of sp³-hybridized carbons (Fsp3) is 0.278. The first kappa shape index (κ1) is 19.9. The molecule has 2 aromatic carbocycles. The summed E-state index contributed by atoms with van der Waals surface area (Å²) < 4.78 is 32.1. The predicted octanol–water partition coefficient (Wildman–Crippen LogP) is 2.89. The van der Waals surface area contributed by atoms with Crippen molar-refractivity contribution in [3.05, 3.63) is 58.1 Å². The van der Waals surface area contributed by atoms with Crippen molar-refractivity contribution in [1.29, 1.82) is 0 Å². The van der Waals surface area contributed by atoms with Crippen LogP contribution in [0.15, 0.2) is 52.4 Å². The van der Waals surface area contributed by atoms with Gasteiger partial charge in [-0.3, -0.25) is 4.99 Å². The second-order valence-corrected chi connectivity index (χ2v) is 8.61. The minimum absolute atomic E-state index is 0.205. The van der Waals surface area contributed by atoms with Gasteiger partial charge in [0, 0.05) is 13.0 Å². The number of amidine groups is 1. The molecule has 0 fully saturated rings. The van der Waals surface area contributed by atoms with Crippen molar-refractivity contribution in [2.45, 2.75) is 17.4 Å². The Balaban J connectivity index is 1.84. The molecule has 0 aromatic heterocycles. The van der Waals surface area contributed by atoms with Crippen molar-refractivity contribution in [3.63, 3.8) is 0 Å². The first-order valence-electron chi connectivity index (χ1n) is 8.32. The van der Waals surface area contributed by atoms with E-state index in [4.69, 9.17) is 27.9 Å². The number of nitrogens with zero attached hydrogens (tertiary/aromatic N) is 1. The van der Waals surface area contributed by atoms with Crippen LogP contribution < -0.4 is 14.8 Å². The molecule has 0 saturated carbocycles. The third kappa shape index (κ3) is 4.73. The van der Waals surface area contributed by atoms with Crippen LogP contribution in [-0.4, -0.2) is 40.5 Å². The molecule has 0 aliphatic carbocycles. The largest absolute Gasteiger partial charge is 0.479 e. The van der Waals surface area contributed by atoms with Gasteiger partial charge in [-0.25, -0.2) is 13.1 Å². The van der Waals surface area contributed by atoms with E-state index >= 15 is 0 Å². The molecule has 0 amide bonds. The van der Waals surface area contributed by atoms with Crippen LogP contribution in [0.1, 0.15) is 5.56 Å². The molecular formula is C18H19Cl2N3O3S. The number of hydrogen-bond donors (Lipinski definition) is 2. The van der Waals surface area contributed by atoms with Gasteiger partial charge in [-0.2, -0.15) is 0 Å². The van der Waals surface area contributed by atoms with Crippen molar-refractivity contribution in [2.24, 2.45) is 4.99 Å². The zero-order valence-electron chi connectivity index (χ0n) is 14.6. The SMILES string of the molecule is CNS(=O)(=O)c1ccc(CC(Oc2c(Cl)cccc2Cl)C2=NCCN2)cc1. The molecule has 0 spiro atoms. The number of para-hydroxylation sites is 1. The van der Waals surface area contributed by atoms with E-state index in [1.807, 2.05) is 0 Å². The van der Waals surface area contributed by atoms with E-state index in [-0.39, 0.29) is 4.90 Å². The molecule has 3 rings (SSSR count). The van der Waals surface area contributed by atoms with E-state index in [9.17, 15) is 8.42 Å². The highest BCUT2D eigenvalue weighted by Crippen LogP contribution is 2.33. The highest BCUT2D eigenvalue weighted by atomic mass is 35.5. The molecule has 9 heteroatoms. The van der Waals surface area contributed by atoms with Gasteiger partial charge in [0.05, 0.1) is 21.5 Å². The molecule has 6 nitrogen and oxygen atoms in total. The molecular weight excluding hydrogens is 409 g/mol. The van der Waals surface area contributed by atoms with Crippen molar-refractivity contribution in [3.8, 4) is 5.75 Å². The summed E-state index contributed by atoms with van der Waals surface area (Å²) in [4.78, 5) is 4.65. The lowest BCUT2D eigenvalue weighted by Crippen LogP contribution is -2.37. The molecule has 2 aromatic rings. The number of hydrogen-bond acceptors (Lipinski definition) is 5. The molecule has 27 heavy (non-hydrogen) atoms.